The summed E-state index contributed by atoms with van der Waals surface area (Å²) in [6.07, 6.45) is -2.95. The van der Waals surface area contributed by atoms with Crippen molar-refractivity contribution in [2.24, 2.45) is 0 Å². The molecule has 2 unspecified atom stereocenters. The van der Waals surface area contributed by atoms with Gasteiger partial charge >= 0.3 is 5.97 Å². The molecule has 10 heteroatoms. The highest BCUT2D eigenvalue weighted by molar-refractivity contribution is 7.80. The van der Waals surface area contributed by atoms with Gasteiger partial charge in [0.05, 0.1) is 6.10 Å². The van der Waals surface area contributed by atoms with E-state index in [4.69, 9.17) is 21.7 Å². The number of aliphatic hydroxyl groups is 4. The molecule has 1 aliphatic carbocycles. The van der Waals surface area contributed by atoms with E-state index in [0.717, 1.165) is 0 Å². The molecular formula is C22H29NO8S. The zero-order chi connectivity index (χ0) is 23.7. The van der Waals surface area contributed by atoms with Crippen LogP contribution < -0.4 is 5.32 Å². The van der Waals surface area contributed by atoms with Crippen molar-refractivity contribution < 1.29 is 39.5 Å². The second-order valence-electron chi connectivity index (χ2n) is 8.45. The summed E-state index contributed by atoms with van der Waals surface area (Å²) in [5.41, 5.74) is -1.30. The number of amides is 1. The highest BCUT2D eigenvalue weighted by Gasteiger charge is 2.73. The van der Waals surface area contributed by atoms with Crippen LogP contribution in [-0.2, 0) is 19.1 Å². The van der Waals surface area contributed by atoms with Crippen molar-refractivity contribution in [1.29, 1.82) is 0 Å². The fourth-order valence-electron chi connectivity index (χ4n) is 4.71. The van der Waals surface area contributed by atoms with Crippen LogP contribution in [0.25, 0.3) is 0 Å². The molecule has 32 heavy (non-hydrogen) atoms. The molecule has 0 aromatic heterocycles. The summed E-state index contributed by atoms with van der Waals surface area (Å²) < 4.78 is 10.6. The fourth-order valence-corrected chi connectivity index (χ4v) is 4.97. The van der Waals surface area contributed by atoms with Gasteiger partial charge < -0.3 is 35.2 Å². The number of thiocarbonyl (C=S) groups is 1. The lowest BCUT2D eigenvalue weighted by Gasteiger charge is -2.64. The van der Waals surface area contributed by atoms with Crippen molar-refractivity contribution in [2.75, 3.05) is 0 Å². The number of carbonyl (C=O) groups is 2. The number of nitrogens with one attached hydrogen (secondary N) is 1. The van der Waals surface area contributed by atoms with Crippen LogP contribution in [0.3, 0.4) is 0 Å². The molecule has 1 saturated heterocycles. The third-order valence-electron chi connectivity index (χ3n) is 6.15. The third-order valence-corrected chi connectivity index (χ3v) is 6.44. The molecule has 9 nitrogen and oxygen atoms in total. The summed E-state index contributed by atoms with van der Waals surface area (Å²) in [6.45, 7) is 2.48. The largest absolute Gasteiger partial charge is 0.419 e. The predicted molar refractivity (Wildman–Crippen MR) is 116 cm³/mol. The quantitative estimate of drug-likeness (QED) is 0.217. The minimum Gasteiger partial charge on any atom is -0.419 e. The number of rotatable bonds is 7. The van der Waals surface area contributed by atoms with Crippen LogP contribution in [-0.4, -0.2) is 73.1 Å². The van der Waals surface area contributed by atoms with Gasteiger partial charge in [0.1, 0.15) is 23.9 Å². The molecule has 5 N–H and O–H groups in total. The Labute approximate surface area is 191 Å². The summed E-state index contributed by atoms with van der Waals surface area (Å²) in [5.74, 6) is -3.92. The van der Waals surface area contributed by atoms with E-state index in [0.29, 0.717) is 24.8 Å². The first-order chi connectivity index (χ1) is 15.0. The molecule has 2 fully saturated rings. The summed E-state index contributed by atoms with van der Waals surface area (Å²) >= 11 is 4.96. The third kappa shape index (κ3) is 4.57. The second kappa shape index (κ2) is 9.50. The molecule has 0 spiro atoms. The number of fused-ring (bicyclic) bond motifs is 1. The van der Waals surface area contributed by atoms with Crippen molar-refractivity contribution in [3.8, 4) is 0 Å². The molecule has 2 aliphatic rings. The van der Waals surface area contributed by atoms with Crippen LogP contribution in [0, 0.1) is 0 Å². The summed E-state index contributed by atoms with van der Waals surface area (Å²) in [6, 6.07) is 7.38. The van der Waals surface area contributed by atoms with Gasteiger partial charge in [0.2, 0.25) is 5.91 Å². The Bertz CT molecular complexity index is 867. The number of hydrogen-bond donors (Lipinski definition) is 5. The SMILES string of the molecule is CC(=O)N[C@@H]1[C@@H](O)[C@]2(O)C(c3ccccc3)C(O)[C@H]2O[C@@]1(O)CCCCC(=S)OC(C)=O. The van der Waals surface area contributed by atoms with Gasteiger partial charge in [-0.1, -0.05) is 30.3 Å². The molecule has 3 rings (SSSR count). The second-order valence-corrected chi connectivity index (χ2v) is 8.90. The number of carbonyl (C=O) groups excluding carboxylic acids is 2. The van der Waals surface area contributed by atoms with E-state index in [1.54, 1.807) is 30.3 Å². The highest BCUT2D eigenvalue weighted by atomic mass is 32.1. The van der Waals surface area contributed by atoms with Crippen LogP contribution in [0.4, 0.5) is 0 Å². The monoisotopic (exact) mass is 467 g/mol. The molecule has 7 atom stereocenters. The number of unbranched alkanes of at least 4 members (excludes halogenated alkanes) is 1. The topological polar surface area (TPSA) is 146 Å². The predicted octanol–water partition coefficient (Wildman–Crippen LogP) is 0.280. The van der Waals surface area contributed by atoms with Gasteiger partial charge in [0.25, 0.3) is 0 Å². The van der Waals surface area contributed by atoms with E-state index < -0.39 is 53.5 Å². The Morgan fingerprint density at radius 3 is 2.41 bits per heavy atom. The molecule has 0 bridgehead atoms. The average Bonchev–Trinajstić information content (AvgIpc) is 2.72. The number of aliphatic hydroxyl groups excluding tert-OH is 2. The van der Waals surface area contributed by atoms with Crippen LogP contribution in [0.5, 0.6) is 0 Å². The zero-order valence-corrected chi connectivity index (χ0v) is 18.7. The average molecular weight is 468 g/mol. The lowest BCUT2D eigenvalue weighted by molar-refractivity contribution is -0.400. The van der Waals surface area contributed by atoms with E-state index in [1.165, 1.54) is 13.8 Å². The lowest BCUT2D eigenvalue weighted by Crippen LogP contribution is -2.84. The minimum atomic E-state index is -2.03. The van der Waals surface area contributed by atoms with Gasteiger partial charge in [0.15, 0.2) is 10.8 Å². The highest BCUT2D eigenvalue weighted by Crippen LogP contribution is 2.55. The maximum atomic E-state index is 11.8. The maximum absolute atomic E-state index is 11.8. The fraction of sp³-hybridized carbons (Fsp3) is 0.591. The van der Waals surface area contributed by atoms with Crippen LogP contribution in [0.1, 0.15) is 51.0 Å². The molecule has 1 aliphatic heterocycles. The zero-order valence-electron chi connectivity index (χ0n) is 17.9. The van der Waals surface area contributed by atoms with E-state index in [1.807, 2.05) is 0 Å². The summed E-state index contributed by atoms with van der Waals surface area (Å²) in [7, 11) is 0. The van der Waals surface area contributed by atoms with Crippen LogP contribution in [0.2, 0.25) is 0 Å². The van der Waals surface area contributed by atoms with E-state index in [-0.39, 0.29) is 11.5 Å². The molecule has 1 saturated carbocycles. The standard InChI is InChI=1S/C22H29NO8S/c1-12(24)23-18-19(27)22(29)16(14-8-4-3-5-9-14)17(26)20(22)31-21(18,28)11-7-6-10-15(32)30-13(2)25/h3-5,8-9,16-20,26-29H,6-7,10-11H2,1-2H3,(H,23,24)/t16?,17?,18-,19-,20-,21+,22-/m1/s1. The van der Waals surface area contributed by atoms with E-state index >= 15 is 0 Å². The smallest absolute Gasteiger partial charge is 0.308 e. The van der Waals surface area contributed by atoms with Crippen LogP contribution >= 0.6 is 12.2 Å². The van der Waals surface area contributed by atoms with Crippen molar-refractivity contribution in [2.45, 2.75) is 81.2 Å². The van der Waals surface area contributed by atoms with Crippen LogP contribution in [0.15, 0.2) is 30.3 Å². The molecule has 1 heterocycles. The van der Waals surface area contributed by atoms with Crippen molar-refractivity contribution in [3.63, 3.8) is 0 Å². The van der Waals surface area contributed by atoms with E-state index in [9.17, 15) is 30.0 Å². The number of ether oxygens (including phenoxy) is 2. The normalized spacial score (nSPS) is 35.9. The Balaban J connectivity index is 1.76. The Kier molecular flexibility index (Phi) is 7.33. The first kappa shape index (κ1) is 24.7. The number of hydrogen-bond acceptors (Lipinski definition) is 9. The molecule has 1 amide bonds. The first-order valence-electron chi connectivity index (χ1n) is 10.5. The molecular weight excluding hydrogens is 438 g/mol. The Morgan fingerprint density at radius 1 is 1.16 bits per heavy atom. The maximum Gasteiger partial charge on any atom is 0.308 e. The van der Waals surface area contributed by atoms with Crippen molar-refractivity contribution in [3.05, 3.63) is 35.9 Å². The molecule has 0 radical (unpaired) electrons. The van der Waals surface area contributed by atoms with Crippen molar-refractivity contribution in [1.82, 2.24) is 5.32 Å². The Morgan fingerprint density at radius 2 is 1.81 bits per heavy atom. The van der Waals surface area contributed by atoms with Gasteiger partial charge in [-0.25, -0.2) is 0 Å². The first-order valence-corrected chi connectivity index (χ1v) is 10.9. The minimum absolute atomic E-state index is 0.0208. The van der Waals surface area contributed by atoms with Gasteiger partial charge in [-0.2, -0.15) is 0 Å². The molecule has 1 aromatic rings. The molecule has 1 aromatic carbocycles. The number of benzene rings is 1. The molecule has 176 valence electrons. The van der Waals surface area contributed by atoms with Gasteiger partial charge in [-0.15, -0.1) is 0 Å². The van der Waals surface area contributed by atoms with Crippen molar-refractivity contribution >= 4 is 29.1 Å². The lowest BCUT2D eigenvalue weighted by atomic mass is 9.55. The van der Waals surface area contributed by atoms with E-state index in [2.05, 4.69) is 5.32 Å². The summed E-state index contributed by atoms with van der Waals surface area (Å²) in [5, 5.41) is 47.0. The Hall–Kier alpha value is -1.95. The van der Waals surface area contributed by atoms with Gasteiger partial charge in [0, 0.05) is 32.6 Å². The number of esters is 1. The van der Waals surface area contributed by atoms with Gasteiger partial charge in [-0.3, -0.25) is 9.59 Å². The summed E-state index contributed by atoms with van der Waals surface area (Å²) in [4.78, 5) is 22.8. The van der Waals surface area contributed by atoms with Gasteiger partial charge in [-0.05, 0) is 30.6 Å².